The number of allylic oxidation sites excluding steroid dienone is 1. The van der Waals surface area contributed by atoms with Gasteiger partial charge in [0.25, 0.3) is 0 Å². The molecule has 0 N–H and O–H groups in total. The highest BCUT2D eigenvalue weighted by molar-refractivity contribution is 5.98. The van der Waals surface area contributed by atoms with E-state index in [9.17, 15) is 13.6 Å². The molecule has 0 bridgehead atoms. The first kappa shape index (κ1) is 13.9. The fraction of sp³-hybridized carbons (Fsp3) is 0.400. The van der Waals surface area contributed by atoms with E-state index in [1.54, 1.807) is 6.08 Å². The van der Waals surface area contributed by atoms with Gasteiger partial charge in [0.1, 0.15) is 0 Å². The number of carbonyl (C=O) groups is 1. The zero-order chi connectivity index (χ0) is 14.0. The number of ketones is 1. The first-order valence-electron chi connectivity index (χ1n) is 6.32. The van der Waals surface area contributed by atoms with Crippen LogP contribution in [0.15, 0.2) is 24.3 Å². The Balaban J connectivity index is 2.36. The van der Waals surface area contributed by atoms with Crippen molar-refractivity contribution in [2.75, 3.05) is 20.6 Å². The average molecular weight is 265 g/mol. The van der Waals surface area contributed by atoms with Crippen molar-refractivity contribution in [1.29, 1.82) is 0 Å². The van der Waals surface area contributed by atoms with E-state index < -0.39 is 11.6 Å². The molecule has 0 spiro atoms. The molecule has 1 aromatic carbocycles. The van der Waals surface area contributed by atoms with Gasteiger partial charge >= 0.3 is 0 Å². The van der Waals surface area contributed by atoms with E-state index in [1.165, 1.54) is 12.1 Å². The number of hydrogen-bond donors (Lipinski definition) is 0. The maximum absolute atomic E-state index is 13.3. The molecule has 102 valence electrons. The summed E-state index contributed by atoms with van der Waals surface area (Å²) in [6.07, 6.45) is 2.85. The van der Waals surface area contributed by atoms with Crippen molar-refractivity contribution in [2.45, 2.75) is 12.8 Å². The summed E-state index contributed by atoms with van der Waals surface area (Å²) < 4.78 is 26.3. The quantitative estimate of drug-likeness (QED) is 0.837. The Kier molecular flexibility index (Phi) is 4.10. The van der Waals surface area contributed by atoms with E-state index in [4.69, 9.17) is 0 Å². The van der Waals surface area contributed by atoms with Crippen LogP contribution in [-0.4, -0.2) is 31.3 Å². The predicted octanol–water partition coefficient (Wildman–Crippen LogP) is 2.89. The van der Waals surface area contributed by atoms with E-state index in [-0.39, 0.29) is 11.7 Å². The monoisotopic (exact) mass is 265 g/mol. The average Bonchev–Trinajstić information content (AvgIpc) is 2.34. The Bertz CT molecular complexity index is 523. The predicted molar refractivity (Wildman–Crippen MR) is 70.6 cm³/mol. The highest BCUT2D eigenvalue weighted by Gasteiger charge is 2.23. The molecule has 0 aliphatic heterocycles. The molecule has 4 heteroatoms. The van der Waals surface area contributed by atoms with E-state index in [0.717, 1.165) is 24.6 Å². The van der Waals surface area contributed by atoms with Crippen LogP contribution in [0.2, 0.25) is 0 Å². The van der Waals surface area contributed by atoms with Crippen LogP contribution in [0.1, 0.15) is 18.4 Å². The molecular weight excluding hydrogens is 248 g/mol. The number of carbonyl (C=O) groups excluding carboxylic acids is 1. The molecule has 1 atom stereocenters. The van der Waals surface area contributed by atoms with Crippen LogP contribution in [0, 0.1) is 17.6 Å². The van der Waals surface area contributed by atoms with E-state index >= 15 is 0 Å². The second-order valence-electron chi connectivity index (χ2n) is 5.19. The van der Waals surface area contributed by atoms with Gasteiger partial charge in [0, 0.05) is 13.0 Å². The van der Waals surface area contributed by atoms with Crippen LogP contribution in [-0.2, 0) is 4.79 Å². The van der Waals surface area contributed by atoms with Crippen LogP contribution in [0.25, 0.3) is 5.57 Å². The number of nitrogens with zero attached hydrogens (tertiary/aromatic N) is 1. The molecule has 19 heavy (non-hydrogen) atoms. The highest BCUT2D eigenvalue weighted by Crippen LogP contribution is 2.32. The molecule has 1 aliphatic rings. The minimum absolute atomic E-state index is 0.0507. The van der Waals surface area contributed by atoms with Crippen LogP contribution in [0.4, 0.5) is 8.78 Å². The van der Waals surface area contributed by atoms with Gasteiger partial charge in [-0.25, -0.2) is 8.78 Å². The van der Waals surface area contributed by atoms with Crippen molar-refractivity contribution in [3.63, 3.8) is 0 Å². The minimum Gasteiger partial charge on any atom is -0.309 e. The Hall–Kier alpha value is -1.55. The molecule has 0 saturated carbocycles. The fourth-order valence-electron chi connectivity index (χ4n) is 2.46. The largest absolute Gasteiger partial charge is 0.309 e. The number of halogens is 2. The Morgan fingerprint density at radius 2 is 2.00 bits per heavy atom. The lowest BCUT2D eigenvalue weighted by molar-refractivity contribution is -0.115. The third kappa shape index (κ3) is 3.26. The van der Waals surface area contributed by atoms with Gasteiger partial charge in [0.15, 0.2) is 17.4 Å². The summed E-state index contributed by atoms with van der Waals surface area (Å²) in [5.41, 5.74) is 1.41. The van der Waals surface area contributed by atoms with Gasteiger partial charge in [-0.3, -0.25) is 4.79 Å². The Labute approximate surface area is 111 Å². The lowest BCUT2D eigenvalue weighted by atomic mass is 9.83. The Morgan fingerprint density at radius 1 is 1.26 bits per heavy atom. The van der Waals surface area contributed by atoms with E-state index in [1.807, 2.05) is 19.0 Å². The molecule has 2 nitrogen and oxygen atoms in total. The first-order chi connectivity index (χ1) is 8.97. The number of benzene rings is 1. The second kappa shape index (κ2) is 5.61. The molecule has 2 rings (SSSR count). The summed E-state index contributed by atoms with van der Waals surface area (Å²) >= 11 is 0. The van der Waals surface area contributed by atoms with Gasteiger partial charge in [-0.1, -0.05) is 6.07 Å². The standard InChI is InChI=1S/C15H17F2NO/c1-18(2)9-11-3-5-12(19)8-13(11)10-4-6-14(16)15(17)7-10/h4,6-8,11H,3,5,9H2,1-2H3. The first-order valence-corrected chi connectivity index (χ1v) is 6.32. The third-order valence-electron chi connectivity index (χ3n) is 3.33. The summed E-state index contributed by atoms with van der Waals surface area (Å²) in [5.74, 6) is -1.51. The lowest BCUT2D eigenvalue weighted by Gasteiger charge is -2.26. The lowest BCUT2D eigenvalue weighted by Crippen LogP contribution is -2.25. The van der Waals surface area contributed by atoms with E-state index in [0.29, 0.717) is 12.0 Å². The molecule has 0 heterocycles. The molecule has 1 unspecified atom stereocenters. The van der Waals surface area contributed by atoms with Gasteiger partial charge in [-0.2, -0.15) is 0 Å². The SMILES string of the molecule is CN(C)CC1CCC(=O)C=C1c1ccc(F)c(F)c1. The van der Waals surface area contributed by atoms with Crippen LogP contribution < -0.4 is 0 Å². The summed E-state index contributed by atoms with van der Waals surface area (Å²) in [6.45, 7) is 0.790. The van der Waals surface area contributed by atoms with Crippen molar-refractivity contribution in [3.8, 4) is 0 Å². The van der Waals surface area contributed by atoms with Crippen molar-refractivity contribution in [2.24, 2.45) is 5.92 Å². The summed E-state index contributed by atoms with van der Waals surface area (Å²) in [5, 5.41) is 0. The van der Waals surface area contributed by atoms with Gasteiger partial charge in [-0.05, 0) is 55.8 Å². The second-order valence-corrected chi connectivity index (χ2v) is 5.19. The van der Waals surface area contributed by atoms with Crippen molar-refractivity contribution >= 4 is 11.4 Å². The van der Waals surface area contributed by atoms with Crippen LogP contribution in [0.3, 0.4) is 0 Å². The molecule has 1 aromatic rings. The summed E-state index contributed by atoms with van der Waals surface area (Å²) in [7, 11) is 3.92. The fourth-order valence-corrected chi connectivity index (χ4v) is 2.46. The molecular formula is C15H17F2NO. The van der Waals surface area contributed by atoms with E-state index in [2.05, 4.69) is 0 Å². The summed E-state index contributed by atoms with van der Waals surface area (Å²) in [4.78, 5) is 13.6. The maximum atomic E-state index is 13.3. The Morgan fingerprint density at radius 3 is 2.63 bits per heavy atom. The molecule has 0 aromatic heterocycles. The number of hydrogen-bond acceptors (Lipinski definition) is 2. The molecule has 0 fully saturated rings. The topological polar surface area (TPSA) is 20.3 Å². The zero-order valence-corrected chi connectivity index (χ0v) is 11.1. The maximum Gasteiger partial charge on any atom is 0.159 e. The van der Waals surface area contributed by atoms with Crippen molar-refractivity contribution in [3.05, 3.63) is 41.5 Å². The molecule has 0 radical (unpaired) electrons. The molecule has 0 amide bonds. The smallest absolute Gasteiger partial charge is 0.159 e. The van der Waals surface area contributed by atoms with Gasteiger partial charge in [-0.15, -0.1) is 0 Å². The van der Waals surface area contributed by atoms with Gasteiger partial charge in [0.05, 0.1) is 0 Å². The molecule has 0 saturated heterocycles. The van der Waals surface area contributed by atoms with Gasteiger partial charge in [0.2, 0.25) is 0 Å². The van der Waals surface area contributed by atoms with Crippen LogP contribution in [0.5, 0.6) is 0 Å². The number of rotatable bonds is 3. The third-order valence-corrected chi connectivity index (χ3v) is 3.33. The van der Waals surface area contributed by atoms with Crippen LogP contribution >= 0.6 is 0 Å². The normalized spacial score (nSPS) is 19.7. The zero-order valence-electron chi connectivity index (χ0n) is 11.1. The molecule has 1 aliphatic carbocycles. The van der Waals surface area contributed by atoms with Crippen molar-refractivity contribution < 1.29 is 13.6 Å². The highest BCUT2D eigenvalue weighted by atomic mass is 19.2. The van der Waals surface area contributed by atoms with Gasteiger partial charge < -0.3 is 4.90 Å². The van der Waals surface area contributed by atoms with Crippen molar-refractivity contribution in [1.82, 2.24) is 4.90 Å². The summed E-state index contributed by atoms with van der Waals surface area (Å²) in [6, 6.07) is 3.81. The minimum atomic E-state index is -0.875.